The summed E-state index contributed by atoms with van der Waals surface area (Å²) in [6, 6.07) is 0. The highest BCUT2D eigenvalue weighted by Gasteiger charge is 2.68. The maximum atomic E-state index is 13.0. The molecule has 1 N–H and O–H groups in total. The molecule has 0 unspecified atom stereocenters. The van der Waals surface area contributed by atoms with Crippen molar-refractivity contribution < 1.29 is 23.8 Å². The summed E-state index contributed by atoms with van der Waals surface area (Å²) >= 11 is 1.46. The van der Waals surface area contributed by atoms with Crippen molar-refractivity contribution in [2.45, 2.75) is 59.7 Å². The molecule has 1 aromatic heterocycles. The van der Waals surface area contributed by atoms with Crippen LogP contribution < -0.4 is 5.32 Å². The van der Waals surface area contributed by atoms with E-state index in [1.165, 1.54) is 11.3 Å². The number of ether oxygens (including phenoxy) is 3. The Kier molecular flexibility index (Phi) is 4.64. The first-order valence-electron chi connectivity index (χ1n) is 10.0. The second-order valence-corrected chi connectivity index (χ2v) is 10.2. The van der Waals surface area contributed by atoms with Crippen LogP contribution in [0, 0.1) is 16.7 Å². The molecule has 6 nitrogen and oxygen atoms in total. The Bertz CT molecular complexity index is 805. The SMILES string of the molecule is CCOC(=O)c1c(NC(=O)C2C(C)(C)C2(C)C)sc2c1CCC1(C2)OCCO1. The molecular formula is C21H29NO5S. The van der Waals surface area contributed by atoms with E-state index >= 15 is 0 Å². The number of carbonyl (C=O) groups is 2. The van der Waals surface area contributed by atoms with Gasteiger partial charge in [0.25, 0.3) is 0 Å². The van der Waals surface area contributed by atoms with E-state index in [1.54, 1.807) is 6.92 Å². The second-order valence-electron chi connectivity index (χ2n) is 9.08. The molecule has 1 saturated heterocycles. The number of amides is 1. The largest absolute Gasteiger partial charge is 0.462 e. The van der Waals surface area contributed by atoms with E-state index in [-0.39, 0.29) is 28.6 Å². The molecule has 1 spiro atoms. The van der Waals surface area contributed by atoms with Crippen molar-refractivity contribution in [1.29, 1.82) is 0 Å². The van der Waals surface area contributed by atoms with Gasteiger partial charge < -0.3 is 19.5 Å². The van der Waals surface area contributed by atoms with Crippen LogP contribution in [0.5, 0.6) is 0 Å². The summed E-state index contributed by atoms with van der Waals surface area (Å²) in [4.78, 5) is 26.7. The van der Waals surface area contributed by atoms with Crippen molar-refractivity contribution in [3.05, 3.63) is 16.0 Å². The van der Waals surface area contributed by atoms with Crippen molar-refractivity contribution in [3.8, 4) is 0 Å². The summed E-state index contributed by atoms with van der Waals surface area (Å²) in [5, 5.41) is 3.66. The normalized spacial score (nSPS) is 24.0. The van der Waals surface area contributed by atoms with Gasteiger partial charge in [-0.15, -0.1) is 11.3 Å². The number of anilines is 1. The van der Waals surface area contributed by atoms with E-state index in [2.05, 4.69) is 33.0 Å². The monoisotopic (exact) mass is 407 g/mol. The first-order valence-corrected chi connectivity index (χ1v) is 10.8. The molecular weight excluding hydrogens is 378 g/mol. The average molecular weight is 408 g/mol. The highest BCUT2D eigenvalue weighted by atomic mass is 32.1. The predicted octanol–water partition coefficient (Wildman–Crippen LogP) is 3.78. The zero-order valence-electron chi connectivity index (χ0n) is 17.3. The quantitative estimate of drug-likeness (QED) is 0.769. The fourth-order valence-corrected chi connectivity index (χ4v) is 6.18. The molecule has 3 aliphatic rings. The maximum Gasteiger partial charge on any atom is 0.341 e. The van der Waals surface area contributed by atoms with E-state index in [9.17, 15) is 9.59 Å². The molecule has 7 heteroatoms. The highest BCUT2D eigenvalue weighted by molar-refractivity contribution is 7.17. The first kappa shape index (κ1) is 19.9. The van der Waals surface area contributed by atoms with Gasteiger partial charge >= 0.3 is 5.97 Å². The van der Waals surface area contributed by atoms with Gasteiger partial charge in [0.2, 0.25) is 5.91 Å². The van der Waals surface area contributed by atoms with Gasteiger partial charge in [-0.05, 0) is 29.7 Å². The molecule has 4 rings (SSSR count). The summed E-state index contributed by atoms with van der Waals surface area (Å²) in [5.74, 6) is -1.05. The number of fused-ring (bicyclic) bond motifs is 1. The summed E-state index contributed by atoms with van der Waals surface area (Å²) in [6.07, 6.45) is 1.99. The van der Waals surface area contributed by atoms with Crippen molar-refractivity contribution in [2.75, 3.05) is 25.1 Å². The molecule has 2 heterocycles. The number of esters is 1. The van der Waals surface area contributed by atoms with Gasteiger partial charge in [0.1, 0.15) is 5.00 Å². The Balaban J connectivity index is 1.64. The Morgan fingerprint density at radius 3 is 2.39 bits per heavy atom. The van der Waals surface area contributed by atoms with Crippen molar-refractivity contribution in [3.63, 3.8) is 0 Å². The molecule has 2 fully saturated rings. The van der Waals surface area contributed by atoms with Gasteiger partial charge in [-0.1, -0.05) is 27.7 Å². The smallest absolute Gasteiger partial charge is 0.341 e. The fourth-order valence-electron chi connectivity index (χ4n) is 4.85. The van der Waals surface area contributed by atoms with Crippen LogP contribution in [-0.2, 0) is 31.8 Å². The third-order valence-electron chi connectivity index (χ3n) is 7.09. The van der Waals surface area contributed by atoms with Crippen molar-refractivity contribution in [1.82, 2.24) is 0 Å². The topological polar surface area (TPSA) is 73.9 Å². The number of carbonyl (C=O) groups excluding carboxylic acids is 2. The maximum absolute atomic E-state index is 13.0. The van der Waals surface area contributed by atoms with Gasteiger partial charge in [0.05, 0.1) is 25.4 Å². The van der Waals surface area contributed by atoms with E-state index in [1.807, 2.05) is 0 Å². The van der Waals surface area contributed by atoms with Crippen LogP contribution in [0.3, 0.4) is 0 Å². The van der Waals surface area contributed by atoms with Crippen LogP contribution in [0.15, 0.2) is 0 Å². The lowest BCUT2D eigenvalue weighted by Gasteiger charge is -2.31. The Hall–Kier alpha value is -1.44. The van der Waals surface area contributed by atoms with Gasteiger partial charge in [0, 0.05) is 23.6 Å². The molecule has 0 bridgehead atoms. The minimum atomic E-state index is -0.578. The third-order valence-corrected chi connectivity index (χ3v) is 8.24. The lowest BCUT2D eigenvalue weighted by Crippen LogP contribution is -2.36. The molecule has 28 heavy (non-hydrogen) atoms. The van der Waals surface area contributed by atoms with Gasteiger partial charge in [-0.3, -0.25) is 4.79 Å². The van der Waals surface area contributed by atoms with E-state index in [4.69, 9.17) is 14.2 Å². The highest BCUT2D eigenvalue weighted by Crippen LogP contribution is 2.68. The molecule has 2 aliphatic carbocycles. The standard InChI is InChI=1S/C21H29NO5S/c1-6-25-18(24)14-12-7-8-21(26-9-10-27-21)11-13(12)28-17(14)22-16(23)15-19(2,3)20(15,4)5/h15H,6-11H2,1-5H3,(H,22,23). The minimum Gasteiger partial charge on any atom is -0.462 e. The van der Waals surface area contributed by atoms with Gasteiger partial charge in [-0.2, -0.15) is 0 Å². The van der Waals surface area contributed by atoms with Crippen LogP contribution in [-0.4, -0.2) is 37.5 Å². The van der Waals surface area contributed by atoms with Crippen LogP contribution in [0.1, 0.15) is 61.8 Å². The zero-order valence-corrected chi connectivity index (χ0v) is 18.1. The lowest BCUT2D eigenvalue weighted by molar-refractivity contribution is -0.163. The predicted molar refractivity (Wildman–Crippen MR) is 107 cm³/mol. The molecule has 154 valence electrons. The molecule has 1 aromatic rings. The van der Waals surface area contributed by atoms with Crippen molar-refractivity contribution >= 4 is 28.2 Å². The molecule has 1 amide bonds. The summed E-state index contributed by atoms with van der Waals surface area (Å²) < 4.78 is 17.0. The van der Waals surface area contributed by atoms with Crippen LogP contribution in [0.2, 0.25) is 0 Å². The number of nitrogens with one attached hydrogen (secondary N) is 1. The molecule has 1 saturated carbocycles. The Morgan fingerprint density at radius 2 is 1.82 bits per heavy atom. The van der Waals surface area contributed by atoms with Crippen LogP contribution >= 0.6 is 11.3 Å². The van der Waals surface area contributed by atoms with E-state index in [0.717, 1.165) is 10.4 Å². The van der Waals surface area contributed by atoms with E-state index in [0.29, 0.717) is 49.6 Å². The summed E-state index contributed by atoms with van der Waals surface area (Å²) in [5.41, 5.74) is 1.36. The van der Waals surface area contributed by atoms with Crippen molar-refractivity contribution in [2.24, 2.45) is 16.7 Å². The molecule has 0 radical (unpaired) electrons. The average Bonchev–Trinajstić information content (AvgIpc) is 2.99. The number of hydrogen-bond acceptors (Lipinski definition) is 6. The Morgan fingerprint density at radius 1 is 1.18 bits per heavy atom. The molecule has 1 aliphatic heterocycles. The number of thiophene rings is 1. The summed E-state index contributed by atoms with van der Waals surface area (Å²) in [7, 11) is 0. The van der Waals surface area contributed by atoms with E-state index < -0.39 is 5.79 Å². The molecule has 0 aromatic carbocycles. The van der Waals surface area contributed by atoms with Gasteiger partial charge in [0.15, 0.2) is 5.79 Å². The summed E-state index contributed by atoms with van der Waals surface area (Å²) in [6.45, 7) is 11.7. The van der Waals surface area contributed by atoms with Gasteiger partial charge in [-0.25, -0.2) is 4.79 Å². The third kappa shape index (κ3) is 2.90. The minimum absolute atomic E-state index is 0.0257. The van der Waals surface area contributed by atoms with Crippen LogP contribution in [0.25, 0.3) is 0 Å². The fraction of sp³-hybridized carbons (Fsp3) is 0.714. The first-order chi connectivity index (χ1) is 13.1. The zero-order chi connectivity index (χ0) is 20.3. The number of rotatable bonds is 4. The van der Waals surface area contributed by atoms with Crippen LogP contribution in [0.4, 0.5) is 5.00 Å². The number of hydrogen-bond donors (Lipinski definition) is 1. The second kappa shape index (κ2) is 6.54. The lowest BCUT2D eigenvalue weighted by atomic mass is 9.91. The Labute approximate surface area is 169 Å². The molecule has 0 atom stereocenters.